The van der Waals surface area contributed by atoms with Crippen molar-refractivity contribution in [1.29, 1.82) is 0 Å². The highest BCUT2D eigenvalue weighted by molar-refractivity contribution is 5.49. The fourth-order valence-corrected chi connectivity index (χ4v) is 3.08. The van der Waals surface area contributed by atoms with Gasteiger partial charge in [-0.1, -0.05) is 6.07 Å². The molecule has 2 fully saturated rings. The van der Waals surface area contributed by atoms with E-state index >= 15 is 0 Å². The number of nitrogens with zero attached hydrogens (tertiary/aromatic N) is 1. The summed E-state index contributed by atoms with van der Waals surface area (Å²) in [6, 6.07) is 5.68. The average Bonchev–Trinajstić information content (AvgIpc) is 3.07. The van der Waals surface area contributed by atoms with Crippen LogP contribution in [0.25, 0.3) is 0 Å². The molecule has 2 aliphatic rings. The van der Waals surface area contributed by atoms with E-state index < -0.39 is 0 Å². The molecule has 22 heavy (non-hydrogen) atoms. The Morgan fingerprint density at radius 3 is 2.82 bits per heavy atom. The number of ether oxygens (including phenoxy) is 2. The van der Waals surface area contributed by atoms with Crippen LogP contribution in [-0.2, 0) is 9.47 Å². The number of anilines is 1. The standard InChI is InChI=1S/C17H25FN2O2/c1-13(19-12-15-3-2-8-22-15)14-4-5-17(16(18)11-14)20-6-9-21-10-7-20/h4-5,11,13,15,19H,2-3,6-10,12H2,1H3/t13-,15+/m1/s1. The number of benzene rings is 1. The van der Waals surface area contributed by atoms with Crippen molar-refractivity contribution in [3.63, 3.8) is 0 Å². The molecule has 1 aromatic carbocycles. The van der Waals surface area contributed by atoms with Gasteiger partial charge in [0.05, 0.1) is 25.0 Å². The van der Waals surface area contributed by atoms with Gasteiger partial charge in [0.2, 0.25) is 0 Å². The molecule has 4 nitrogen and oxygen atoms in total. The molecule has 5 heteroatoms. The first-order valence-electron chi connectivity index (χ1n) is 8.21. The van der Waals surface area contributed by atoms with E-state index in [2.05, 4.69) is 12.2 Å². The Morgan fingerprint density at radius 1 is 1.32 bits per heavy atom. The average molecular weight is 308 g/mol. The predicted molar refractivity (Wildman–Crippen MR) is 84.8 cm³/mol. The molecule has 2 atom stereocenters. The van der Waals surface area contributed by atoms with E-state index in [4.69, 9.17) is 9.47 Å². The zero-order valence-corrected chi connectivity index (χ0v) is 13.2. The summed E-state index contributed by atoms with van der Waals surface area (Å²) in [5.74, 6) is -0.148. The molecule has 2 heterocycles. The van der Waals surface area contributed by atoms with Crippen molar-refractivity contribution < 1.29 is 13.9 Å². The Morgan fingerprint density at radius 2 is 2.14 bits per heavy atom. The van der Waals surface area contributed by atoms with Gasteiger partial charge < -0.3 is 19.7 Å². The van der Waals surface area contributed by atoms with Gasteiger partial charge in [0, 0.05) is 32.3 Å². The van der Waals surface area contributed by atoms with Crippen LogP contribution in [0.4, 0.5) is 10.1 Å². The second-order valence-corrected chi connectivity index (χ2v) is 6.08. The summed E-state index contributed by atoms with van der Waals surface area (Å²) in [5, 5.41) is 3.44. The molecule has 0 saturated carbocycles. The predicted octanol–water partition coefficient (Wildman–Crippen LogP) is 2.49. The van der Waals surface area contributed by atoms with Crippen molar-refractivity contribution >= 4 is 5.69 Å². The van der Waals surface area contributed by atoms with Crippen LogP contribution >= 0.6 is 0 Å². The Balaban J connectivity index is 1.60. The molecule has 2 saturated heterocycles. The first-order valence-corrected chi connectivity index (χ1v) is 8.21. The zero-order valence-electron chi connectivity index (χ0n) is 13.2. The van der Waals surface area contributed by atoms with E-state index in [0.717, 1.165) is 44.6 Å². The molecule has 2 aliphatic heterocycles. The summed E-state index contributed by atoms with van der Waals surface area (Å²) in [4.78, 5) is 2.05. The van der Waals surface area contributed by atoms with Gasteiger partial charge in [-0.15, -0.1) is 0 Å². The first-order chi connectivity index (χ1) is 10.7. The van der Waals surface area contributed by atoms with Crippen LogP contribution in [0.15, 0.2) is 18.2 Å². The molecule has 122 valence electrons. The fourth-order valence-electron chi connectivity index (χ4n) is 3.08. The van der Waals surface area contributed by atoms with Crippen LogP contribution in [0, 0.1) is 5.82 Å². The topological polar surface area (TPSA) is 33.7 Å². The smallest absolute Gasteiger partial charge is 0.146 e. The summed E-state index contributed by atoms with van der Waals surface area (Å²) in [6.45, 7) is 6.60. The van der Waals surface area contributed by atoms with E-state index in [9.17, 15) is 4.39 Å². The maximum Gasteiger partial charge on any atom is 0.146 e. The van der Waals surface area contributed by atoms with Gasteiger partial charge in [-0.2, -0.15) is 0 Å². The molecular formula is C17H25FN2O2. The zero-order chi connectivity index (χ0) is 15.4. The minimum absolute atomic E-state index is 0.123. The molecule has 1 aromatic rings. The lowest BCUT2D eigenvalue weighted by Crippen LogP contribution is -2.36. The van der Waals surface area contributed by atoms with Crippen molar-refractivity contribution in [2.24, 2.45) is 0 Å². The SMILES string of the molecule is C[C@@H](NC[C@@H]1CCCO1)c1ccc(N2CCOCC2)c(F)c1. The highest BCUT2D eigenvalue weighted by Crippen LogP contribution is 2.24. The van der Waals surface area contributed by atoms with E-state index in [-0.39, 0.29) is 11.9 Å². The summed E-state index contributed by atoms with van der Waals surface area (Å²) in [6.07, 6.45) is 2.56. The molecule has 3 rings (SSSR count). The Bertz CT molecular complexity index is 486. The third-order valence-corrected chi connectivity index (χ3v) is 4.50. The normalized spacial score (nSPS) is 23.7. The van der Waals surface area contributed by atoms with Crippen LogP contribution < -0.4 is 10.2 Å². The summed E-state index contributed by atoms with van der Waals surface area (Å²) >= 11 is 0. The molecule has 0 aliphatic carbocycles. The van der Waals surface area contributed by atoms with Crippen LogP contribution in [0.3, 0.4) is 0 Å². The van der Waals surface area contributed by atoms with Gasteiger partial charge in [-0.25, -0.2) is 4.39 Å². The van der Waals surface area contributed by atoms with E-state index in [1.54, 1.807) is 6.07 Å². The number of morpholine rings is 1. The molecule has 0 unspecified atom stereocenters. The van der Waals surface area contributed by atoms with E-state index in [0.29, 0.717) is 25.0 Å². The molecule has 1 N–H and O–H groups in total. The highest BCUT2D eigenvalue weighted by atomic mass is 19.1. The largest absolute Gasteiger partial charge is 0.378 e. The van der Waals surface area contributed by atoms with Gasteiger partial charge >= 0.3 is 0 Å². The maximum atomic E-state index is 14.4. The second kappa shape index (κ2) is 7.40. The summed E-state index contributed by atoms with van der Waals surface area (Å²) in [5.41, 5.74) is 1.66. The van der Waals surface area contributed by atoms with Gasteiger partial charge in [-0.05, 0) is 37.5 Å². The third-order valence-electron chi connectivity index (χ3n) is 4.50. The van der Waals surface area contributed by atoms with Crippen LogP contribution in [-0.4, -0.2) is 45.6 Å². The lowest BCUT2D eigenvalue weighted by Gasteiger charge is -2.29. The molecule has 0 bridgehead atoms. The van der Waals surface area contributed by atoms with Crippen LogP contribution in [0.2, 0.25) is 0 Å². The highest BCUT2D eigenvalue weighted by Gasteiger charge is 2.18. The van der Waals surface area contributed by atoms with Gasteiger partial charge in [0.1, 0.15) is 5.82 Å². The van der Waals surface area contributed by atoms with Crippen molar-refractivity contribution in [2.45, 2.75) is 31.9 Å². The van der Waals surface area contributed by atoms with E-state index in [1.165, 1.54) is 0 Å². The molecular weight excluding hydrogens is 283 g/mol. The fraction of sp³-hybridized carbons (Fsp3) is 0.647. The maximum absolute atomic E-state index is 14.4. The first kappa shape index (κ1) is 15.7. The Labute approximate surface area is 131 Å². The molecule has 0 spiro atoms. The number of nitrogens with one attached hydrogen (secondary N) is 1. The second-order valence-electron chi connectivity index (χ2n) is 6.08. The molecule has 0 radical (unpaired) electrons. The van der Waals surface area contributed by atoms with E-state index in [1.807, 2.05) is 17.0 Å². The minimum atomic E-state index is -0.148. The number of halogens is 1. The lowest BCUT2D eigenvalue weighted by molar-refractivity contribution is 0.108. The summed E-state index contributed by atoms with van der Waals surface area (Å²) in [7, 11) is 0. The van der Waals surface area contributed by atoms with Crippen molar-refractivity contribution in [1.82, 2.24) is 5.32 Å². The number of rotatable bonds is 5. The van der Waals surface area contributed by atoms with Gasteiger partial charge in [-0.3, -0.25) is 0 Å². The van der Waals surface area contributed by atoms with Crippen molar-refractivity contribution in [3.05, 3.63) is 29.6 Å². The van der Waals surface area contributed by atoms with Crippen molar-refractivity contribution in [2.75, 3.05) is 44.4 Å². The molecule has 0 amide bonds. The van der Waals surface area contributed by atoms with Gasteiger partial charge in [0.15, 0.2) is 0 Å². The quantitative estimate of drug-likeness (QED) is 0.906. The summed E-state index contributed by atoms with van der Waals surface area (Å²) < 4.78 is 25.3. The number of hydrogen-bond acceptors (Lipinski definition) is 4. The minimum Gasteiger partial charge on any atom is -0.378 e. The Hall–Kier alpha value is -1.17. The van der Waals surface area contributed by atoms with Crippen LogP contribution in [0.1, 0.15) is 31.4 Å². The number of hydrogen-bond donors (Lipinski definition) is 1. The monoisotopic (exact) mass is 308 g/mol. The third kappa shape index (κ3) is 3.77. The van der Waals surface area contributed by atoms with Crippen molar-refractivity contribution in [3.8, 4) is 0 Å². The lowest BCUT2D eigenvalue weighted by atomic mass is 10.1. The van der Waals surface area contributed by atoms with Crippen LogP contribution in [0.5, 0.6) is 0 Å². The molecule has 0 aromatic heterocycles. The Kier molecular flexibility index (Phi) is 5.28. The van der Waals surface area contributed by atoms with Gasteiger partial charge in [0.25, 0.3) is 0 Å².